The zero-order valence-electron chi connectivity index (χ0n) is 19.7. The fraction of sp³-hybridized carbons (Fsp3) is 0.286. The summed E-state index contributed by atoms with van der Waals surface area (Å²) in [5.74, 6) is 0.144. The Morgan fingerprint density at radius 2 is 1.85 bits per heavy atom. The second-order valence-electron chi connectivity index (χ2n) is 7.31. The number of anilines is 1. The second-order valence-corrected chi connectivity index (χ2v) is 8.12. The van der Waals surface area contributed by atoms with Gasteiger partial charge in [-0.05, 0) is 47.9 Å². The third-order valence-electron chi connectivity index (χ3n) is 5.15. The van der Waals surface area contributed by atoms with E-state index in [0.717, 1.165) is 23.8 Å². The molecule has 9 nitrogen and oxygen atoms in total. The molecule has 34 heavy (non-hydrogen) atoms. The maximum atomic E-state index is 14.8. The van der Waals surface area contributed by atoms with E-state index in [1.165, 1.54) is 17.2 Å². The summed E-state index contributed by atoms with van der Waals surface area (Å²) in [7, 11) is -1.50. The number of benzene rings is 2. The Hall–Kier alpha value is -0.910. The Balaban J connectivity index is 0.000000752. The second kappa shape index (κ2) is 14.0. The van der Waals surface area contributed by atoms with Crippen LogP contribution in [0.15, 0.2) is 48.4 Å². The van der Waals surface area contributed by atoms with Crippen molar-refractivity contribution >= 4 is 20.4 Å². The van der Waals surface area contributed by atoms with Gasteiger partial charge in [-0.25, -0.2) is 9.18 Å². The molecule has 13 heteroatoms. The summed E-state index contributed by atoms with van der Waals surface area (Å²) in [4.78, 5) is 33.6. The van der Waals surface area contributed by atoms with Crippen molar-refractivity contribution in [3.05, 3.63) is 65.4 Å². The number of halogens is 1. The maximum Gasteiger partial charge on any atom is 1.00 e. The van der Waals surface area contributed by atoms with Crippen LogP contribution >= 0.6 is 8.60 Å². The van der Waals surface area contributed by atoms with Crippen LogP contribution in [-0.4, -0.2) is 30.8 Å². The van der Waals surface area contributed by atoms with Crippen molar-refractivity contribution < 1.29 is 87.3 Å². The van der Waals surface area contributed by atoms with Gasteiger partial charge in [0.05, 0.1) is 12.2 Å². The molecule has 0 saturated carbocycles. The summed E-state index contributed by atoms with van der Waals surface area (Å²) in [5, 5.41) is 0. The number of hydrogen-bond donors (Lipinski definition) is 2. The molecule has 1 amide bonds. The molecule has 2 aliphatic heterocycles. The van der Waals surface area contributed by atoms with Gasteiger partial charge in [-0.1, -0.05) is 12.1 Å². The summed E-state index contributed by atoms with van der Waals surface area (Å²) >= 11 is 0. The van der Waals surface area contributed by atoms with E-state index in [1.807, 2.05) is 30.0 Å². The molecule has 0 radical (unpaired) electrons. The van der Waals surface area contributed by atoms with E-state index in [9.17, 15) is 19.0 Å². The Morgan fingerprint density at radius 3 is 2.38 bits per heavy atom. The van der Waals surface area contributed by atoms with Gasteiger partial charge in [0.2, 0.25) is 0 Å². The van der Waals surface area contributed by atoms with Crippen molar-refractivity contribution in [2.45, 2.75) is 26.1 Å². The van der Waals surface area contributed by atoms with Crippen LogP contribution in [0.5, 0.6) is 0 Å². The first kappa shape index (κ1) is 31.1. The first-order chi connectivity index (χ1) is 15.2. The average Bonchev–Trinajstić information content (AvgIpc) is 3.35. The van der Waals surface area contributed by atoms with Crippen LogP contribution in [0.25, 0.3) is 11.1 Å². The third kappa shape index (κ3) is 7.54. The van der Waals surface area contributed by atoms with Crippen molar-refractivity contribution in [2.75, 3.05) is 18.6 Å². The van der Waals surface area contributed by atoms with Crippen LogP contribution in [0, 0.1) is 5.82 Å². The van der Waals surface area contributed by atoms with Crippen molar-refractivity contribution in [1.82, 2.24) is 4.90 Å². The van der Waals surface area contributed by atoms with Gasteiger partial charge in [0.1, 0.15) is 17.7 Å². The molecule has 4 N–H and O–H groups in total. The average molecular weight is 508 g/mol. The van der Waals surface area contributed by atoms with Gasteiger partial charge in [0.25, 0.3) is 0 Å². The van der Waals surface area contributed by atoms with E-state index in [4.69, 9.17) is 16.2 Å². The number of cyclic esters (lactones) is 1. The zero-order valence-corrected chi connectivity index (χ0v) is 24.6. The number of carbonyl (C=O) groups excluding carboxylic acids is 1. The number of rotatable bonds is 4. The van der Waals surface area contributed by atoms with Gasteiger partial charge in [-0.15, -0.1) is 0 Å². The molecular weight excluding hydrogens is 484 g/mol. The smallest absolute Gasteiger partial charge is 0.820 e. The summed E-state index contributed by atoms with van der Waals surface area (Å²) in [6.07, 6.45) is 0.739. The van der Waals surface area contributed by atoms with Crippen molar-refractivity contribution in [1.29, 1.82) is 0 Å². The molecule has 2 heterocycles. The van der Waals surface area contributed by atoms with Crippen LogP contribution in [0.3, 0.4) is 0 Å². The summed E-state index contributed by atoms with van der Waals surface area (Å²) in [6.45, 7) is 3.55. The normalized spacial score (nSPS) is 16.8. The summed E-state index contributed by atoms with van der Waals surface area (Å²) in [5.41, 5.74) is 15.4. The molecule has 1 fully saturated rings. The molecule has 0 aliphatic carbocycles. The maximum absolute atomic E-state index is 14.8. The van der Waals surface area contributed by atoms with E-state index in [1.54, 1.807) is 12.1 Å². The largest absolute Gasteiger partial charge is 1.00 e. The van der Waals surface area contributed by atoms with Crippen LogP contribution in [-0.2, 0) is 22.4 Å². The van der Waals surface area contributed by atoms with Crippen molar-refractivity contribution in [3.63, 3.8) is 0 Å². The minimum atomic E-state index is -2.60. The Morgan fingerprint density at radius 1 is 1.21 bits per heavy atom. The van der Waals surface area contributed by atoms with Gasteiger partial charge in [0, 0.05) is 32.0 Å². The van der Waals surface area contributed by atoms with Crippen LogP contribution < -0.4 is 85.3 Å². The molecule has 2 aromatic carbocycles. The first-order valence-corrected chi connectivity index (χ1v) is 10.8. The molecular formula is C21H24FN4Na2O5P. The molecule has 2 aliphatic rings. The Labute approximate surface area is 243 Å². The molecule has 0 bridgehead atoms. The van der Waals surface area contributed by atoms with E-state index in [2.05, 4.69) is 4.52 Å². The monoisotopic (exact) mass is 508 g/mol. The number of hydrogen-bond acceptors (Lipinski definition) is 8. The minimum Gasteiger partial charge on any atom is -0.820 e. The molecule has 0 unspecified atom stereocenters. The quantitative estimate of drug-likeness (QED) is 0.311. The predicted octanol–water partition coefficient (Wildman–Crippen LogP) is -4.54. The molecule has 0 spiro atoms. The number of amides is 1. The molecule has 1 saturated heterocycles. The van der Waals surface area contributed by atoms with Gasteiger partial charge in [0.15, 0.2) is 0 Å². The van der Waals surface area contributed by atoms with E-state index < -0.39 is 14.7 Å². The molecule has 1 atom stereocenters. The number of ether oxygens (including phenoxy) is 1. The number of nitrogens with zero attached hydrogens (tertiary/aromatic N) is 2. The third-order valence-corrected chi connectivity index (χ3v) is 5.45. The fourth-order valence-electron chi connectivity index (χ4n) is 3.57. The standard InChI is InChI=1S/C20H21FN4O2.CH3O3P.2Na/c1-12-9-25(20(26)27-12)16-4-5-17(18(21)7-16)13-2-3-14-10-24(19(23)8-22)11-15(14)6-13;1-4-5(2)3;;/h2-8,12H,9-11,22-23H2,1H3;1H3;;/q;-2;2*+1/b19-8+;;;/t12-;;;/m0.../s1. The van der Waals surface area contributed by atoms with Gasteiger partial charge >= 0.3 is 65.2 Å². The molecule has 4 rings (SSSR count). The van der Waals surface area contributed by atoms with Crippen molar-refractivity contribution in [3.8, 4) is 11.1 Å². The fourth-order valence-corrected chi connectivity index (χ4v) is 3.57. The SMILES string of the molecule is COP([O-])[O-].C[C@H]1CN(c2ccc(-c3ccc4c(c3)CN(/C(N)=C/N)C4)c(F)c2)C(=O)O1.[Na+].[Na+]. The summed E-state index contributed by atoms with van der Waals surface area (Å²) in [6, 6.07) is 10.7. The minimum absolute atomic E-state index is 0. The van der Waals surface area contributed by atoms with Gasteiger partial charge in [-0.3, -0.25) is 4.90 Å². The van der Waals surface area contributed by atoms with Crippen LogP contribution in [0.1, 0.15) is 18.1 Å². The van der Waals surface area contributed by atoms with E-state index in [0.29, 0.717) is 36.7 Å². The molecule has 172 valence electrons. The first-order valence-electron chi connectivity index (χ1n) is 9.74. The summed E-state index contributed by atoms with van der Waals surface area (Å²) < 4.78 is 23.6. The number of carbonyl (C=O) groups is 1. The molecule has 2 aromatic rings. The number of nitrogens with two attached hydrogens (primary N) is 2. The van der Waals surface area contributed by atoms with E-state index >= 15 is 0 Å². The van der Waals surface area contributed by atoms with Crippen molar-refractivity contribution in [2.24, 2.45) is 11.5 Å². The van der Waals surface area contributed by atoms with Gasteiger partial charge in [-0.2, -0.15) is 8.60 Å². The van der Waals surface area contributed by atoms with Crippen LogP contribution in [0.4, 0.5) is 14.9 Å². The predicted molar refractivity (Wildman–Crippen MR) is 115 cm³/mol. The number of fused-ring (bicyclic) bond motifs is 1. The van der Waals surface area contributed by atoms with Crippen LogP contribution in [0.2, 0.25) is 0 Å². The Kier molecular flexibility index (Phi) is 12.8. The molecule has 0 aromatic heterocycles. The topological polar surface area (TPSA) is 140 Å². The van der Waals surface area contributed by atoms with E-state index in [-0.39, 0.29) is 71.0 Å². The Bertz CT molecular complexity index is 1030. The zero-order chi connectivity index (χ0) is 23.4. The van der Waals surface area contributed by atoms with Gasteiger partial charge < -0.3 is 35.4 Å².